The Kier molecular flexibility index (Phi) is 18.7. The Morgan fingerprint density at radius 1 is 0.792 bits per heavy atom. The first kappa shape index (κ1) is 42.2. The Hall–Kier alpha value is -3.81. The van der Waals surface area contributed by atoms with Gasteiger partial charge in [0.05, 0.1) is 0 Å². The van der Waals surface area contributed by atoms with Crippen molar-refractivity contribution in [1.82, 2.24) is 21.3 Å². The van der Waals surface area contributed by atoms with E-state index in [0.717, 1.165) is 5.56 Å². The van der Waals surface area contributed by atoms with Crippen LogP contribution >= 0.6 is 11.8 Å². The molecular formula is C34H55N5O8S. The van der Waals surface area contributed by atoms with Crippen LogP contribution in [0.3, 0.4) is 0 Å². The van der Waals surface area contributed by atoms with Crippen LogP contribution in [-0.4, -0.2) is 77.5 Å². The molecule has 14 heteroatoms. The summed E-state index contributed by atoms with van der Waals surface area (Å²) in [6.45, 7) is 12.4. The highest BCUT2D eigenvalue weighted by Crippen LogP contribution is 2.14. The molecule has 1 aromatic carbocycles. The Labute approximate surface area is 289 Å². The fraction of sp³-hybridized carbons (Fsp3) is 0.647. The van der Waals surface area contributed by atoms with Crippen LogP contribution < -0.4 is 27.0 Å². The summed E-state index contributed by atoms with van der Waals surface area (Å²) in [4.78, 5) is 78.2. The SMILES string of the molecule is CCC(C)C(NC(=O)C(NC(=O)C(CCC(=O)OCc1ccccc1)NC(=O)C(CCSC)NC(=O)OC(C)(C)C)C(C)CC)C(N)=O. The van der Waals surface area contributed by atoms with Crippen molar-refractivity contribution in [2.45, 2.75) is 117 Å². The Bertz CT molecular complexity index is 1210. The minimum Gasteiger partial charge on any atom is -0.461 e. The monoisotopic (exact) mass is 693 g/mol. The van der Waals surface area contributed by atoms with Crippen LogP contribution in [0.5, 0.6) is 0 Å². The van der Waals surface area contributed by atoms with Crippen molar-refractivity contribution in [1.29, 1.82) is 0 Å². The van der Waals surface area contributed by atoms with Crippen molar-refractivity contribution in [2.75, 3.05) is 12.0 Å². The second kappa shape index (κ2) is 21.2. The smallest absolute Gasteiger partial charge is 0.408 e. The van der Waals surface area contributed by atoms with Gasteiger partial charge in [0.15, 0.2) is 0 Å². The molecule has 0 heterocycles. The lowest BCUT2D eigenvalue weighted by Crippen LogP contribution is -2.60. The maximum atomic E-state index is 13.8. The number of nitrogens with two attached hydrogens (primary N) is 1. The van der Waals surface area contributed by atoms with Crippen molar-refractivity contribution < 1.29 is 38.2 Å². The molecule has 6 unspecified atom stereocenters. The minimum atomic E-state index is -1.28. The van der Waals surface area contributed by atoms with Crippen LogP contribution in [0, 0.1) is 11.8 Å². The predicted octanol–water partition coefficient (Wildman–Crippen LogP) is 3.19. The van der Waals surface area contributed by atoms with Gasteiger partial charge >= 0.3 is 12.1 Å². The van der Waals surface area contributed by atoms with Crippen LogP contribution in [0.1, 0.15) is 86.1 Å². The molecule has 0 aliphatic rings. The number of hydrogen-bond donors (Lipinski definition) is 5. The summed E-state index contributed by atoms with van der Waals surface area (Å²) in [6.07, 6.45) is 2.00. The van der Waals surface area contributed by atoms with E-state index in [-0.39, 0.29) is 37.7 Å². The summed E-state index contributed by atoms with van der Waals surface area (Å²) in [5.41, 5.74) is 5.54. The Morgan fingerprint density at radius 3 is 1.88 bits per heavy atom. The molecule has 48 heavy (non-hydrogen) atoms. The molecule has 270 valence electrons. The van der Waals surface area contributed by atoms with E-state index in [1.165, 1.54) is 11.8 Å². The molecule has 6 atom stereocenters. The van der Waals surface area contributed by atoms with E-state index in [1.807, 2.05) is 38.3 Å². The van der Waals surface area contributed by atoms with Gasteiger partial charge in [0.1, 0.15) is 36.4 Å². The molecule has 13 nitrogen and oxygen atoms in total. The Morgan fingerprint density at radius 2 is 1.33 bits per heavy atom. The lowest BCUT2D eigenvalue weighted by atomic mass is 9.94. The van der Waals surface area contributed by atoms with Gasteiger partial charge in [0, 0.05) is 6.42 Å². The number of carbonyl (C=O) groups excluding carboxylic acids is 6. The summed E-state index contributed by atoms with van der Waals surface area (Å²) < 4.78 is 10.7. The molecule has 0 saturated carbocycles. The van der Waals surface area contributed by atoms with Crippen LogP contribution in [-0.2, 0) is 40.1 Å². The molecule has 1 aromatic rings. The minimum absolute atomic E-state index is 0.0347. The standard InChI is InChI=1S/C34H55N5O8S/c1-9-21(3)27(29(35)41)38-32(44)28(22(4)10-2)39-31(43)24(16-17-26(40)46-20-23-14-12-11-13-15-23)36-30(42)25(18-19-48-8)37-33(45)47-34(5,6)7/h11-15,21-22,24-25,27-28H,9-10,16-20H2,1-8H3,(H2,35,41)(H,36,42)(H,37,45)(H,38,44)(H,39,43). The molecule has 0 spiro atoms. The predicted molar refractivity (Wildman–Crippen MR) is 186 cm³/mol. The molecule has 6 N–H and O–H groups in total. The van der Waals surface area contributed by atoms with E-state index < -0.39 is 65.5 Å². The third-order valence-electron chi connectivity index (χ3n) is 7.74. The molecule has 5 amide bonds. The summed E-state index contributed by atoms with van der Waals surface area (Å²) in [7, 11) is 0. The lowest BCUT2D eigenvalue weighted by molar-refractivity contribution is -0.145. The second-order valence-corrected chi connectivity index (χ2v) is 13.9. The highest BCUT2D eigenvalue weighted by atomic mass is 32.2. The fourth-order valence-corrected chi connectivity index (χ4v) is 4.97. The third kappa shape index (κ3) is 15.9. The van der Waals surface area contributed by atoms with Crippen molar-refractivity contribution in [3.05, 3.63) is 35.9 Å². The van der Waals surface area contributed by atoms with Crippen LogP contribution in [0.25, 0.3) is 0 Å². The summed E-state index contributed by atoms with van der Waals surface area (Å²) in [6, 6.07) is 4.73. The van der Waals surface area contributed by atoms with Crippen molar-refractivity contribution in [3.8, 4) is 0 Å². The van der Waals surface area contributed by atoms with Gasteiger partial charge in [-0.1, -0.05) is 70.9 Å². The molecular weight excluding hydrogens is 638 g/mol. The molecule has 0 radical (unpaired) electrons. The normalized spacial score (nSPS) is 15.0. The fourth-order valence-electron chi connectivity index (χ4n) is 4.50. The number of ether oxygens (including phenoxy) is 2. The van der Waals surface area contributed by atoms with Gasteiger partial charge < -0.3 is 36.5 Å². The Balaban J connectivity index is 3.26. The highest BCUT2D eigenvalue weighted by molar-refractivity contribution is 7.98. The van der Waals surface area contributed by atoms with Gasteiger partial charge in [-0.05, 0) is 63.0 Å². The number of rotatable bonds is 20. The van der Waals surface area contributed by atoms with Crippen LogP contribution in [0.2, 0.25) is 0 Å². The maximum absolute atomic E-state index is 13.8. The number of alkyl carbamates (subject to hydrolysis) is 1. The highest BCUT2D eigenvalue weighted by Gasteiger charge is 2.34. The number of esters is 1. The lowest BCUT2D eigenvalue weighted by Gasteiger charge is -2.30. The zero-order valence-corrected chi connectivity index (χ0v) is 30.4. The molecule has 0 aromatic heterocycles. The molecule has 0 aliphatic heterocycles. The van der Waals surface area contributed by atoms with Crippen molar-refractivity contribution >= 4 is 47.5 Å². The second-order valence-electron chi connectivity index (χ2n) is 12.9. The van der Waals surface area contributed by atoms with Gasteiger partial charge in [0.2, 0.25) is 23.6 Å². The molecule has 1 rings (SSSR count). The average Bonchev–Trinajstić information content (AvgIpc) is 3.03. The zero-order valence-electron chi connectivity index (χ0n) is 29.6. The summed E-state index contributed by atoms with van der Waals surface area (Å²) in [5, 5.41) is 10.6. The van der Waals surface area contributed by atoms with E-state index in [1.54, 1.807) is 46.8 Å². The van der Waals surface area contributed by atoms with Gasteiger partial charge in [-0.15, -0.1) is 0 Å². The zero-order chi connectivity index (χ0) is 36.4. The molecule has 0 saturated heterocycles. The number of carbonyl (C=O) groups is 6. The van der Waals surface area contributed by atoms with Gasteiger partial charge in [-0.25, -0.2) is 4.79 Å². The molecule has 0 aliphatic carbocycles. The number of benzene rings is 1. The van der Waals surface area contributed by atoms with Gasteiger partial charge in [-0.2, -0.15) is 11.8 Å². The summed E-state index contributed by atoms with van der Waals surface area (Å²) in [5.74, 6) is -3.37. The number of primary amides is 1. The first-order valence-corrected chi connectivity index (χ1v) is 17.8. The van der Waals surface area contributed by atoms with Crippen LogP contribution in [0.15, 0.2) is 30.3 Å². The number of hydrogen-bond acceptors (Lipinski definition) is 9. The van der Waals surface area contributed by atoms with E-state index in [2.05, 4.69) is 21.3 Å². The molecule has 0 fully saturated rings. The molecule has 0 bridgehead atoms. The van der Waals surface area contributed by atoms with E-state index in [0.29, 0.717) is 18.6 Å². The maximum Gasteiger partial charge on any atom is 0.408 e. The van der Waals surface area contributed by atoms with E-state index in [4.69, 9.17) is 15.2 Å². The largest absolute Gasteiger partial charge is 0.461 e. The van der Waals surface area contributed by atoms with E-state index in [9.17, 15) is 28.8 Å². The topological polar surface area (TPSA) is 195 Å². The summed E-state index contributed by atoms with van der Waals surface area (Å²) >= 11 is 1.47. The average molecular weight is 694 g/mol. The number of amides is 5. The van der Waals surface area contributed by atoms with Crippen molar-refractivity contribution in [2.24, 2.45) is 17.6 Å². The number of nitrogens with one attached hydrogen (secondary N) is 4. The van der Waals surface area contributed by atoms with Gasteiger partial charge in [-0.3, -0.25) is 24.0 Å². The van der Waals surface area contributed by atoms with Crippen molar-refractivity contribution in [3.63, 3.8) is 0 Å². The van der Waals surface area contributed by atoms with Crippen LogP contribution in [0.4, 0.5) is 4.79 Å². The quantitative estimate of drug-likeness (QED) is 0.128. The first-order chi connectivity index (χ1) is 22.5. The third-order valence-corrected chi connectivity index (χ3v) is 8.39. The first-order valence-electron chi connectivity index (χ1n) is 16.4. The van der Waals surface area contributed by atoms with E-state index >= 15 is 0 Å². The number of thioether (sulfide) groups is 1. The van der Waals surface area contributed by atoms with Gasteiger partial charge in [0.25, 0.3) is 0 Å².